The zero-order valence-corrected chi connectivity index (χ0v) is 14.8. The first-order valence-corrected chi connectivity index (χ1v) is 9.53. The predicted molar refractivity (Wildman–Crippen MR) is 93.9 cm³/mol. The van der Waals surface area contributed by atoms with Crippen molar-refractivity contribution in [1.82, 2.24) is 9.80 Å². The number of nitrogens with zero attached hydrogens (tertiary/aromatic N) is 2. The van der Waals surface area contributed by atoms with Crippen LogP contribution in [0.3, 0.4) is 0 Å². The molecule has 3 fully saturated rings. The number of hydrogen-bond acceptors (Lipinski definition) is 3. The van der Waals surface area contributed by atoms with Gasteiger partial charge in [0.05, 0.1) is 18.6 Å². The highest BCUT2D eigenvalue weighted by atomic mass is 19.1. The number of carbonyl (C=O) groups excluding carboxylic acids is 1. The molecule has 1 atom stereocenters. The second-order valence-electron chi connectivity index (χ2n) is 7.76. The minimum atomic E-state index is -0.401. The Labute approximate surface area is 148 Å². The Kier molecular flexibility index (Phi) is 4.78. The lowest BCUT2D eigenvalue weighted by Gasteiger charge is -2.43. The third-order valence-electron chi connectivity index (χ3n) is 6.21. The first kappa shape index (κ1) is 17.0. The molecule has 5 heteroatoms. The number of likely N-dealkylation sites (tertiary alicyclic amines) is 1. The van der Waals surface area contributed by atoms with Crippen LogP contribution in [-0.2, 0) is 14.9 Å². The van der Waals surface area contributed by atoms with E-state index < -0.39 is 5.41 Å². The Morgan fingerprint density at radius 3 is 2.52 bits per heavy atom. The van der Waals surface area contributed by atoms with Gasteiger partial charge in [-0.2, -0.15) is 0 Å². The van der Waals surface area contributed by atoms with Crippen LogP contribution in [-0.4, -0.2) is 61.6 Å². The van der Waals surface area contributed by atoms with Gasteiger partial charge < -0.3 is 9.64 Å². The van der Waals surface area contributed by atoms with Gasteiger partial charge in [0.1, 0.15) is 5.82 Å². The Morgan fingerprint density at radius 1 is 1.16 bits per heavy atom. The molecule has 1 aromatic carbocycles. The Balaban J connectivity index is 1.41. The highest BCUT2D eigenvalue weighted by Crippen LogP contribution is 2.46. The summed E-state index contributed by atoms with van der Waals surface area (Å²) in [5.74, 6) is 0.583. The van der Waals surface area contributed by atoms with Crippen molar-refractivity contribution in [3.8, 4) is 0 Å². The highest BCUT2D eigenvalue weighted by Gasteiger charge is 2.48. The van der Waals surface area contributed by atoms with Crippen molar-refractivity contribution >= 4 is 5.91 Å². The summed E-state index contributed by atoms with van der Waals surface area (Å²) in [4.78, 5) is 17.8. The minimum absolute atomic E-state index is 0.238. The summed E-state index contributed by atoms with van der Waals surface area (Å²) in [6, 6.07) is 6.56. The lowest BCUT2D eigenvalue weighted by atomic mass is 9.63. The van der Waals surface area contributed by atoms with Crippen LogP contribution in [0.4, 0.5) is 4.39 Å². The molecule has 1 aliphatic carbocycles. The van der Waals surface area contributed by atoms with Gasteiger partial charge in [0, 0.05) is 32.7 Å². The van der Waals surface area contributed by atoms with Crippen molar-refractivity contribution in [1.29, 1.82) is 0 Å². The molecule has 1 aromatic rings. The van der Waals surface area contributed by atoms with Gasteiger partial charge in [0.15, 0.2) is 0 Å². The smallest absolute Gasteiger partial charge is 0.233 e. The molecule has 0 bridgehead atoms. The predicted octanol–water partition coefficient (Wildman–Crippen LogP) is 2.43. The van der Waals surface area contributed by atoms with Gasteiger partial charge in [-0.15, -0.1) is 0 Å². The van der Waals surface area contributed by atoms with Crippen LogP contribution in [0.2, 0.25) is 0 Å². The molecule has 0 unspecified atom stereocenters. The van der Waals surface area contributed by atoms with Gasteiger partial charge in [0.2, 0.25) is 5.91 Å². The number of benzene rings is 1. The maximum atomic E-state index is 13.3. The quantitative estimate of drug-likeness (QED) is 0.839. The minimum Gasteiger partial charge on any atom is -0.379 e. The number of amides is 1. The van der Waals surface area contributed by atoms with Gasteiger partial charge >= 0.3 is 0 Å². The van der Waals surface area contributed by atoms with E-state index in [1.807, 2.05) is 0 Å². The summed E-state index contributed by atoms with van der Waals surface area (Å²) in [6.45, 7) is 6.44. The molecule has 136 valence electrons. The third-order valence-corrected chi connectivity index (χ3v) is 6.21. The molecule has 0 spiro atoms. The summed E-state index contributed by atoms with van der Waals surface area (Å²) >= 11 is 0. The Bertz CT molecular complexity index is 609. The molecule has 2 aliphatic heterocycles. The van der Waals surface area contributed by atoms with E-state index in [9.17, 15) is 9.18 Å². The van der Waals surface area contributed by atoms with Crippen molar-refractivity contribution in [3.63, 3.8) is 0 Å². The van der Waals surface area contributed by atoms with Crippen LogP contribution in [0.25, 0.3) is 0 Å². The van der Waals surface area contributed by atoms with E-state index in [1.54, 1.807) is 12.1 Å². The monoisotopic (exact) mass is 346 g/mol. The molecule has 0 aromatic heterocycles. The third kappa shape index (κ3) is 3.32. The topological polar surface area (TPSA) is 32.8 Å². The Hall–Kier alpha value is -1.46. The van der Waals surface area contributed by atoms with Crippen molar-refractivity contribution in [2.45, 2.75) is 31.1 Å². The first-order chi connectivity index (χ1) is 12.2. The first-order valence-electron chi connectivity index (χ1n) is 9.53. The molecule has 3 aliphatic rings. The second-order valence-corrected chi connectivity index (χ2v) is 7.76. The summed E-state index contributed by atoms with van der Waals surface area (Å²) in [6.07, 6.45) is 3.95. The molecule has 0 N–H and O–H groups in total. The summed E-state index contributed by atoms with van der Waals surface area (Å²) in [5, 5.41) is 0. The van der Waals surface area contributed by atoms with Crippen LogP contribution in [0.5, 0.6) is 0 Å². The molecular formula is C20H27FN2O2. The molecule has 1 saturated carbocycles. The van der Waals surface area contributed by atoms with Gasteiger partial charge in [-0.25, -0.2) is 4.39 Å². The van der Waals surface area contributed by atoms with Crippen molar-refractivity contribution in [2.24, 2.45) is 5.92 Å². The van der Waals surface area contributed by atoms with Crippen molar-refractivity contribution < 1.29 is 13.9 Å². The Morgan fingerprint density at radius 2 is 1.88 bits per heavy atom. The number of morpholine rings is 1. The van der Waals surface area contributed by atoms with E-state index in [1.165, 1.54) is 12.1 Å². The lowest BCUT2D eigenvalue weighted by molar-refractivity contribution is -0.140. The zero-order chi connectivity index (χ0) is 17.3. The molecule has 0 radical (unpaired) electrons. The largest absolute Gasteiger partial charge is 0.379 e. The van der Waals surface area contributed by atoms with Crippen LogP contribution in [0.15, 0.2) is 24.3 Å². The molecule has 2 heterocycles. The molecule has 1 amide bonds. The van der Waals surface area contributed by atoms with Crippen LogP contribution in [0.1, 0.15) is 31.2 Å². The van der Waals surface area contributed by atoms with Gasteiger partial charge in [-0.05, 0) is 42.9 Å². The van der Waals surface area contributed by atoms with Crippen molar-refractivity contribution in [3.05, 3.63) is 35.6 Å². The van der Waals surface area contributed by atoms with Crippen LogP contribution in [0, 0.1) is 11.7 Å². The standard InChI is InChI=1S/C20H27FN2O2/c21-18-4-2-17(3-5-18)20(7-1-8-20)19(24)23-9-6-16(15-23)14-22-10-12-25-13-11-22/h2-5,16H,1,6-15H2/t16-/m0/s1. The number of carbonyl (C=O) groups is 1. The number of hydrogen-bond donors (Lipinski definition) is 0. The maximum absolute atomic E-state index is 13.3. The van der Waals surface area contributed by atoms with E-state index in [2.05, 4.69) is 9.80 Å². The SMILES string of the molecule is O=C(N1CC[C@@H](CN2CCOCC2)C1)C1(c2ccc(F)cc2)CCC1. The average Bonchev–Trinajstić information content (AvgIpc) is 3.05. The fourth-order valence-electron chi connectivity index (χ4n) is 4.54. The van der Waals surface area contributed by atoms with Gasteiger partial charge in [-0.3, -0.25) is 9.69 Å². The van der Waals surface area contributed by atoms with E-state index in [0.29, 0.717) is 5.92 Å². The van der Waals surface area contributed by atoms with Gasteiger partial charge in [-0.1, -0.05) is 18.6 Å². The number of rotatable bonds is 4. The zero-order valence-electron chi connectivity index (χ0n) is 14.8. The normalized spacial score (nSPS) is 26.4. The summed E-state index contributed by atoms with van der Waals surface area (Å²) < 4.78 is 18.7. The van der Waals surface area contributed by atoms with Crippen molar-refractivity contribution in [2.75, 3.05) is 45.9 Å². The van der Waals surface area contributed by atoms with Gasteiger partial charge in [0.25, 0.3) is 0 Å². The molecule has 4 nitrogen and oxygen atoms in total. The molecule has 25 heavy (non-hydrogen) atoms. The second kappa shape index (κ2) is 7.04. The maximum Gasteiger partial charge on any atom is 0.233 e. The lowest BCUT2D eigenvalue weighted by Crippen LogP contribution is -2.50. The van der Waals surface area contributed by atoms with E-state index in [0.717, 1.165) is 77.2 Å². The van der Waals surface area contributed by atoms with Crippen LogP contribution >= 0.6 is 0 Å². The molecule has 2 saturated heterocycles. The molecular weight excluding hydrogens is 319 g/mol. The average molecular weight is 346 g/mol. The van der Waals surface area contributed by atoms with E-state index in [4.69, 9.17) is 4.74 Å². The fraction of sp³-hybridized carbons (Fsp3) is 0.650. The molecule has 4 rings (SSSR count). The number of halogens is 1. The number of ether oxygens (including phenoxy) is 1. The summed E-state index contributed by atoms with van der Waals surface area (Å²) in [5.41, 5.74) is 0.587. The van der Waals surface area contributed by atoms with E-state index >= 15 is 0 Å². The fourth-order valence-corrected chi connectivity index (χ4v) is 4.54. The summed E-state index contributed by atoms with van der Waals surface area (Å²) in [7, 11) is 0. The van der Waals surface area contributed by atoms with E-state index in [-0.39, 0.29) is 11.7 Å². The highest BCUT2D eigenvalue weighted by molar-refractivity contribution is 5.89. The van der Waals surface area contributed by atoms with Crippen LogP contribution < -0.4 is 0 Å².